The number of phenolic OH excluding ortho intramolecular Hbond substituents is 1. The molecule has 0 bridgehead atoms. The maximum Gasteiger partial charge on any atom is 0.232 e. The minimum atomic E-state index is -0.239. The first-order valence-electron chi connectivity index (χ1n) is 12.4. The van der Waals surface area contributed by atoms with Crippen LogP contribution in [0, 0.1) is 12.7 Å². The minimum absolute atomic E-state index is 0.141. The number of anilines is 1. The molecule has 2 aliphatic rings. The number of benzene rings is 3. The van der Waals surface area contributed by atoms with Crippen LogP contribution >= 0.6 is 0 Å². The number of Topliss-reactive ketones (excluding diaryl/α,β-unsaturated/α-hetero) is 1. The Kier molecular flexibility index (Phi) is 6.54. The molecule has 0 radical (unpaired) electrons. The molecule has 5 nitrogen and oxygen atoms in total. The molecule has 0 aromatic heterocycles. The standard InChI is InChI=1S/C30H31FN2O3/c1-19(2)22-6-4-21(5-7-22)17-27-29(35)28-20(3)16-26(34)25(30(28)36-27)18-32-12-14-33(15-13-32)24-10-8-23(31)9-11-24/h4-11,16-17,19,34H,12-15,18H2,1-3H3/b27-17+. The lowest BCUT2D eigenvalue weighted by molar-refractivity contribution is 0.101. The van der Waals surface area contributed by atoms with E-state index in [1.165, 1.54) is 17.7 Å². The largest absolute Gasteiger partial charge is 0.507 e. The number of ketones is 1. The third kappa shape index (κ3) is 4.73. The predicted octanol–water partition coefficient (Wildman–Crippen LogP) is 5.90. The lowest BCUT2D eigenvalue weighted by Crippen LogP contribution is -2.46. The summed E-state index contributed by atoms with van der Waals surface area (Å²) in [5.41, 5.74) is 5.00. The van der Waals surface area contributed by atoms with Crippen molar-refractivity contribution >= 4 is 17.5 Å². The Bertz CT molecular complexity index is 1310. The first-order chi connectivity index (χ1) is 17.3. The predicted molar refractivity (Wildman–Crippen MR) is 140 cm³/mol. The maximum absolute atomic E-state index is 13.3. The fourth-order valence-electron chi connectivity index (χ4n) is 4.90. The Balaban J connectivity index is 1.34. The zero-order valence-corrected chi connectivity index (χ0v) is 20.9. The zero-order valence-electron chi connectivity index (χ0n) is 20.9. The van der Waals surface area contributed by atoms with E-state index in [1.54, 1.807) is 24.3 Å². The number of hydrogen-bond donors (Lipinski definition) is 1. The molecule has 0 aliphatic carbocycles. The molecule has 1 N–H and O–H groups in total. The maximum atomic E-state index is 13.3. The summed E-state index contributed by atoms with van der Waals surface area (Å²) in [7, 11) is 0. The summed E-state index contributed by atoms with van der Waals surface area (Å²) in [6.07, 6.45) is 1.77. The number of halogens is 1. The summed E-state index contributed by atoms with van der Waals surface area (Å²) in [6.45, 7) is 9.73. The molecule has 1 fully saturated rings. The van der Waals surface area contributed by atoms with Gasteiger partial charge in [-0.1, -0.05) is 38.1 Å². The van der Waals surface area contributed by atoms with Gasteiger partial charge in [-0.25, -0.2) is 4.39 Å². The molecule has 0 amide bonds. The number of fused-ring (bicyclic) bond motifs is 1. The SMILES string of the molecule is Cc1cc(O)c(CN2CCN(c3ccc(F)cc3)CC2)c2c1C(=O)/C(=C\c1ccc(C(C)C)cc1)O2. The molecule has 1 saturated heterocycles. The fourth-order valence-corrected chi connectivity index (χ4v) is 4.90. The minimum Gasteiger partial charge on any atom is -0.507 e. The second kappa shape index (κ2) is 9.78. The highest BCUT2D eigenvalue weighted by Gasteiger charge is 2.34. The first-order valence-corrected chi connectivity index (χ1v) is 12.4. The van der Waals surface area contributed by atoms with E-state index >= 15 is 0 Å². The summed E-state index contributed by atoms with van der Waals surface area (Å²) >= 11 is 0. The highest BCUT2D eigenvalue weighted by Crippen LogP contribution is 2.42. The molecule has 0 spiro atoms. The van der Waals surface area contributed by atoms with Crippen molar-refractivity contribution in [1.82, 2.24) is 4.90 Å². The van der Waals surface area contributed by atoms with Crippen molar-refractivity contribution in [2.24, 2.45) is 0 Å². The molecule has 0 unspecified atom stereocenters. The Hall–Kier alpha value is -3.64. The number of aromatic hydroxyl groups is 1. The number of rotatable bonds is 5. The van der Waals surface area contributed by atoms with E-state index in [1.807, 2.05) is 19.1 Å². The molecular formula is C30H31FN2O3. The number of ether oxygens (including phenoxy) is 1. The number of piperazine rings is 1. The van der Waals surface area contributed by atoms with Crippen LogP contribution in [0.4, 0.5) is 10.1 Å². The smallest absolute Gasteiger partial charge is 0.232 e. The molecule has 5 rings (SSSR count). The van der Waals surface area contributed by atoms with Crippen LogP contribution in [-0.4, -0.2) is 42.0 Å². The van der Waals surface area contributed by atoms with Gasteiger partial charge in [0.15, 0.2) is 5.76 Å². The Morgan fingerprint density at radius 3 is 2.33 bits per heavy atom. The van der Waals surface area contributed by atoms with Crippen LogP contribution in [0.3, 0.4) is 0 Å². The monoisotopic (exact) mass is 486 g/mol. The number of carbonyl (C=O) groups excluding carboxylic acids is 1. The Morgan fingerprint density at radius 1 is 1.03 bits per heavy atom. The molecular weight excluding hydrogens is 455 g/mol. The van der Waals surface area contributed by atoms with Gasteiger partial charge in [0.05, 0.1) is 11.1 Å². The van der Waals surface area contributed by atoms with Crippen molar-refractivity contribution in [3.63, 3.8) is 0 Å². The molecule has 0 saturated carbocycles. The van der Waals surface area contributed by atoms with Gasteiger partial charge in [-0.05, 0) is 65.9 Å². The van der Waals surface area contributed by atoms with E-state index in [-0.39, 0.29) is 23.1 Å². The molecule has 2 heterocycles. The van der Waals surface area contributed by atoms with Crippen molar-refractivity contribution in [2.45, 2.75) is 33.2 Å². The average Bonchev–Trinajstić information content (AvgIpc) is 3.19. The topological polar surface area (TPSA) is 53.0 Å². The van der Waals surface area contributed by atoms with Crippen LogP contribution in [0.25, 0.3) is 6.08 Å². The van der Waals surface area contributed by atoms with Crippen LogP contribution in [0.1, 0.15) is 52.4 Å². The van der Waals surface area contributed by atoms with Crippen LogP contribution in [0.15, 0.2) is 60.4 Å². The van der Waals surface area contributed by atoms with Gasteiger partial charge in [0.2, 0.25) is 5.78 Å². The third-order valence-electron chi connectivity index (χ3n) is 7.07. The van der Waals surface area contributed by atoms with E-state index < -0.39 is 0 Å². The van der Waals surface area contributed by atoms with Crippen molar-refractivity contribution in [2.75, 3.05) is 31.1 Å². The van der Waals surface area contributed by atoms with Gasteiger partial charge in [-0.2, -0.15) is 0 Å². The van der Waals surface area contributed by atoms with Crippen molar-refractivity contribution < 1.29 is 19.0 Å². The van der Waals surface area contributed by atoms with Gasteiger partial charge in [0.1, 0.15) is 17.3 Å². The lowest BCUT2D eigenvalue weighted by Gasteiger charge is -2.36. The molecule has 0 atom stereocenters. The van der Waals surface area contributed by atoms with Gasteiger partial charge < -0.3 is 14.7 Å². The molecule has 3 aromatic rings. The number of nitrogens with zero attached hydrogens (tertiary/aromatic N) is 2. The molecule has 36 heavy (non-hydrogen) atoms. The van der Waals surface area contributed by atoms with Gasteiger partial charge in [0, 0.05) is 38.4 Å². The Labute approximate surface area is 211 Å². The van der Waals surface area contributed by atoms with Gasteiger partial charge in [-0.15, -0.1) is 0 Å². The molecule has 2 aliphatic heterocycles. The quantitative estimate of drug-likeness (QED) is 0.455. The lowest BCUT2D eigenvalue weighted by atomic mass is 9.98. The Morgan fingerprint density at radius 2 is 1.69 bits per heavy atom. The highest BCUT2D eigenvalue weighted by molar-refractivity contribution is 6.15. The zero-order chi connectivity index (χ0) is 25.4. The first kappa shape index (κ1) is 24.1. The molecule has 186 valence electrons. The van der Waals surface area contributed by atoms with Crippen LogP contribution in [0.5, 0.6) is 11.5 Å². The van der Waals surface area contributed by atoms with Crippen molar-refractivity contribution in [3.05, 3.63) is 94.0 Å². The number of hydrogen-bond acceptors (Lipinski definition) is 5. The van der Waals surface area contributed by atoms with Crippen molar-refractivity contribution in [3.8, 4) is 11.5 Å². The van der Waals surface area contributed by atoms with Crippen molar-refractivity contribution in [1.29, 1.82) is 0 Å². The number of allylic oxidation sites excluding steroid dienone is 1. The molecule has 6 heteroatoms. The van der Waals surface area contributed by atoms with E-state index in [4.69, 9.17) is 4.74 Å². The van der Waals surface area contributed by atoms with Crippen LogP contribution in [-0.2, 0) is 6.54 Å². The average molecular weight is 487 g/mol. The summed E-state index contributed by atoms with van der Waals surface area (Å²) in [4.78, 5) is 17.7. The van der Waals surface area contributed by atoms with Crippen LogP contribution in [0.2, 0.25) is 0 Å². The fraction of sp³-hybridized carbons (Fsp3) is 0.300. The summed E-state index contributed by atoms with van der Waals surface area (Å²) in [5.74, 6) is 0.921. The second-order valence-electron chi connectivity index (χ2n) is 9.90. The summed E-state index contributed by atoms with van der Waals surface area (Å²) < 4.78 is 19.4. The molecule has 3 aromatic carbocycles. The summed E-state index contributed by atoms with van der Waals surface area (Å²) in [5, 5.41) is 10.8. The highest BCUT2D eigenvalue weighted by atomic mass is 19.1. The number of carbonyl (C=O) groups is 1. The number of aryl methyl sites for hydroxylation is 1. The van der Waals surface area contributed by atoms with E-state index in [0.717, 1.165) is 37.4 Å². The van der Waals surface area contributed by atoms with Gasteiger partial charge in [0.25, 0.3) is 0 Å². The van der Waals surface area contributed by atoms with E-state index in [2.05, 4.69) is 35.8 Å². The van der Waals surface area contributed by atoms with Gasteiger partial charge >= 0.3 is 0 Å². The normalized spacial score (nSPS) is 17.1. The third-order valence-corrected chi connectivity index (χ3v) is 7.07. The number of phenols is 1. The summed E-state index contributed by atoms with van der Waals surface area (Å²) in [6, 6.07) is 16.3. The van der Waals surface area contributed by atoms with E-state index in [9.17, 15) is 14.3 Å². The van der Waals surface area contributed by atoms with E-state index in [0.29, 0.717) is 34.9 Å². The van der Waals surface area contributed by atoms with Gasteiger partial charge in [-0.3, -0.25) is 9.69 Å². The second-order valence-corrected chi connectivity index (χ2v) is 9.90. The van der Waals surface area contributed by atoms with Crippen LogP contribution < -0.4 is 9.64 Å².